The van der Waals surface area contributed by atoms with Crippen molar-refractivity contribution in [3.8, 4) is 6.07 Å². The van der Waals surface area contributed by atoms with Crippen molar-refractivity contribution < 1.29 is 12.8 Å². The van der Waals surface area contributed by atoms with Crippen molar-refractivity contribution in [3.05, 3.63) is 70.5 Å². The van der Waals surface area contributed by atoms with Crippen LogP contribution in [0, 0.1) is 24.1 Å². The molecule has 0 aliphatic rings. The lowest BCUT2D eigenvalue weighted by Gasteiger charge is -2.08. The molecule has 2 aromatic rings. The van der Waals surface area contributed by atoms with Crippen LogP contribution < -0.4 is 0 Å². The van der Waals surface area contributed by atoms with Gasteiger partial charge in [0.2, 0.25) is 0 Å². The molecule has 0 amide bonds. The van der Waals surface area contributed by atoms with E-state index in [1.807, 2.05) is 25.1 Å². The molecule has 0 fully saturated rings. The van der Waals surface area contributed by atoms with Crippen LogP contribution in [0.15, 0.2) is 42.5 Å². The summed E-state index contributed by atoms with van der Waals surface area (Å²) in [7, 11) is -3.48. The monoisotopic (exact) mass is 303 g/mol. The Kier molecular flexibility index (Phi) is 4.39. The average Bonchev–Trinajstić information content (AvgIpc) is 2.43. The molecule has 0 bridgehead atoms. The van der Waals surface area contributed by atoms with Gasteiger partial charge in [0, 0.05) is 5.56 Å². The van der Waals surface area contributed by atoms with Gasteiger partial charge in [-0.2, -0.15) is 5.26 Å². The van der Waals surface area contributed by atoms with E-state index < -0.39 is 15.7 Å². The Balaban J connectivity index is 2.23. The van der Waals surface area contributed by atoms with Crippen molar-refractivity contribution in [2.45, 2.75) is 18.4 Å². The quantitative estimate of drug-likeness (QED) is 0.872. The van der Waals surface area contributed by atoms with Gasteiger partial charge in [-0.05, 0) is 30.2 Å². The van der Waals surface area contributed by atoms with Crippen molar-refractivity contribution in [1.29, 1.82) is 5.26 Å². The lowest BCUT2D eigenvalue weighted by molar-refractivity contribution is 0.586. The fourth-order valence-corrected chi connectivity index (χ4v) is 3.64. The minimum atomic E-state index is -3.48. The Morgan fingerprint density at radius 3 is 2.38 bits per heavy atom. The third kappa shape index (κ3) is 3.89. The molecule has 5 heteroatoms. The summed E-state index contributed by atoms with van der Waals surface area (Å²) in [6, 6.07) is 12.8. The molecule has 0 heterocycles. The fourth-order valence-electron chi connectivity index (χ4n) is 2.03. The molecule has 108 valence electrons. The zero-order chi connectivity index (χ0) is 15.5. The normalized spacial score (nSPS) is 11.1. The van der Waals surface area contributed by atoms with Crippen molar-refractivity contribution in [2.24, 2.45) is 0 Å². The Morgan fingerprint density at radius 1 is 1.10 bits per heavy atom. The molecule has 0 aliphatic carbocycles. The summed E-state index contributed by atoms with van der Waals surface area (Å²) in [5.74, 6) is -1.17. The van der Waals surface area contributed by atoms with E-state index in [1.54, 1.807) is 12.1 Å². The minimum Gasteiger partial charge on any atom is -0.228 e. The first-order chi connectivity index (χ1) is 9.91. The predicted octanol–water partition coefficient (Wildman–Crippen LogP) is 3.12. The lowest BCUT2D eigenvalue weighted by Crippen LogP contribution is -2.10. The maximum Gasteiger partial charge on any atom is 0.158 e. The number of rotatable bonds is 4. The van der Waals surface area contributed by atoms with E-state index in [9.17, 15) is 12.8 Å². The summed E-state index contributed by atoms with van der Waals surface area (Å²) in [5.41, 5.74) is 1.86. The zero-order valence-corrected chi connectivity index (χ0v) is 12.3. The molecular weight excluding hydrogens is 289 g/mol. The average molecular weight is 303 g/mol. The van der Waals surface area contributed by atoms with Crippen molar-refractivity contribution in [2.75, 3.05) is 0 Å². The van der Waals surface area contributed by atoms with E-state index in [0.29, 0.717) is 5.56 Å². The van der Waals surface area contributed by atoms with Gasteiger partial charge in [-0.3, -0.25) is 0 Å². The Morgan fingerprint density at radius 2 is 1.76 bits per heavy atom. The van der Waals surface area contributed by atoms with Gasteiger partial charge in [0.05, 0.1) is 23.1 Å². The molecule has 2 aromatic carbocycles. The molecule has 0 atom stereocenters. The molecule has 0 aromatic heterocycles. The van der Waals surface area contributed by atoms with E-state index in [4.69, 9.17) is 5.26 Å². The van der Waals surface area contributed by atoms with Crippen LogP contribution >= 0.6 is 0 Å². The van der Waals surface area contributed by atoms with Gasteiger partial charge in [0.1, 0.15) is 5.82 Å². The van der Waals surface area contributed by atoms with Crippen LogP contribution in [0.25, 0.3) is 0 Å². The molecule has 0 spiro atoms. The number of nitrogens with zero attached hydrogens (tertiary/aromatic N) is 1. The van der Waals surface area contributed by atoms with Gasteiger partial charge in [-0.25, -0.2) is 12.8 Å². The standard InChI is InChI=1S/C16H14FNO2S/c1-12-4-2-3-5-14(12)10-21(19,20)11-15-7-6-13(9-18)8-16(15)17/h2-8H,10-11H2,1H3. The number of hydrogen-bond acceptors (Lipinski definition) is 3. The molecule has 3 nitrogen and oxygen atoms in total. The van der Waals surface area contributed by atoms with Crippen molar-refractivity contribution in [1.82, 2.24) is 0 Å². The minimum absolute atomic E-state index is 0.0857. The van der Waals surface area contributed by atoms with E-state index in [-0.39, 0.29) is 22.6 Å². The second kappa shape index (κ2) is 6.06. The summed E-state index contributed by atoms with van der Waals surface area (Å²) in [5, 5.41) is 8.68. The van der Waals surface area contributed by atoms with E-state index in [2.05, 4.69) is 0 Å². The van der Waals surface area contributed by atoms with E-state index in [1.165, 1.54) is 12.1 Å². The molecule has 0 saturated heterocycles. The SMILES string of the molecule is Cc1ccccc1CS(=O)(=O)Cc1ccc(C#N)cc1F. The molecular formula is C16H14FNO2S. The smallest absolute Gasteiger partial charge is 0.158 e. The molecule has 21 heavy (non-hydrogen) atoms. The summed E-state index contributed by atoms with van der Waals surface area (Å²) in [4.78, 5) is 0. The number of halogens is 1. The molecule has 0 aliphatic heterocycles. The number of sulfone groups is 1. The van der Waals surface area contributed by atoms with E-state index in [0.717, 1.165) is 11.6 Å². The summed E-state index contributed by atoms with van der Waals surface area (Å²) in [6.07, 6.45) is 0. The highest BCUT2D eigenvalue weighted by atomic mass is 32.2. The second-order valence-corrected chi connectivity index (χ2v) is 6.94. The first kappa shape index (κ1) is 15.2. The van der Waals surface area contributed by atoms with Gasteiger partial charge in [0.25, 0.3) is 0 Å². The highest BCUT2D eigenvalue weighted by molar-refractivity contribution is 7.89. The lowest BCUT2D eigenvalue weighted by atomic mass is 10.1. The maximum absolute atomic E-state index is 13.8. The highest BCUT2D eigenvalue weighted by Crippen LogP contribution is 2.18. The van der Waals surface area contributed by atoms with Gasteiger partial charge < -0.3 is 0 Å². The second-order valence-electron chi connectivity index (χ2n) is 4.88. The maximum atomic E-state index is 13.8. The summed E-state index contributed by atoms with van der Waals surface area (Å²) in [6.45, 7) is 1.84. The molecule has 0 N–H and O–H groups in total. The van der Waals surface area contributed by atoms with Crippen LogP contribution in [0.2, 0.25) is 0 Å². The number of benzene rings is 2. The van der Waals surface area contributed by atoms with Crippen molar-refractivity contribution >= 4 is 9.84 Å². The van der Waals surface area contributed by atoms with Gasteiger partial charge in [0.15, 0.2) is 9.84 Å². The van der Waals surface area contributed by atoms with Crippen LogP contribution in [0.3, 0.4) is 0 Å². The van der Waals surface area contributed by atoms with Crippen LogP contribution in [0.1, 0.15) is 22.3 Å². The number of nitriles is 1. The van der Waals surface area contributed by atoms with Gasteiger partial charge in [-0.15, -0.1) is 0 Å². The van der Waals surface area contributed by atoms with E-state index >= 15 is 0 Å². The molecule has 0 unspecified atom stereocenters. The fraction of sp³-hybridized carbons (Fsp3) is 0.188. The summed E-state index contributed by atoms with van der Waals surface area (Å²) >= 11 is 0. The largest absolute Gasteiger partial charge is 0.228 e. The van der Waals surface area contributed by atoms with Crippen LogP contribution in [-0.2, 0) is 21.3 Å². The van der Waals surface area contributed by atoms with Crippen LogP contribution in [-0.4, -0.2) is 8.42 Å². The first-order valence-corrected chi connectivity index (χ1v) is 8.17. The predicted molar refractivity (Wildman–Crippen MR) is 78.6 cm³/mol. The number of aryl methyl sites for hydroxylation is 1. The van der Waals surface area contributed by atoms with Crippen LogP contribution in [0.5, 0.6) is 0 Å². The first-order valence-electron chi connectivity index (χ1n) is 6.35. The Hall–Kier alpha value is -2.19. The third-order valence-electron chi connectivity index (χ3n) is 3.19. The third-order valence-corrected chi connectivity index (χ3v) is 4.70. The Labute approximate surface area is 123 Å². The zero-order valence-electron chi connectivity index (χ0n) is 11.5. The molecule has 2 rings (SSSR count). The topological polar surface area (TPSA) is 57.9 Å². The summed E-state index contributed by atoms with van der Waals surface area (Å²) < 4.78 is 38.2. The van der Waals surface area contributed by atoms with Gasteiger partial charge in [-0.1, -0.05) is 30.3 Å². The van der Waals surface area contributed by atoms with Crippen LogP contribution in [0.4, 0.5) is 4.39 Å². The highest BCUT2D eigenvalue weighted by Gasteiger charge is 2.17. The van der Waals surface area contributed by atoms with Gasteiger partial charge >= 0.3 is 0 Å². The van der Waals surface area contributed by atoms with Crippen molar-refractivity contribution in [3.63, 3.8) is 0 Å². The molecule has 0 radical (unpaired) electrons. The Bertz CT molecular complexity index is 807. The molecule has 0 saturated carbocycles. The number of hydrogen-bond donors (Lipinski definition) is 0.